The van der Waals surface area contributed by atoms with Crippen LogP contribution in [0.2, 0.25) is 5.02 Å². The van der Waals surface area contributed by atoms with Crippen LogP contribution in [0, 0.1) is 20.8 Å². The van der Waals surface area contributed by atoms with Gasteiger partial charge in [0.2, 0.25) is 0 Å². The molecular weight excluding hydrogens is 432 g/mol. The van der Waals surface area contributed by atoms with E-state index in [0.29, 0.717) is 6.04 Å². The van der Waals surface area contributed by atoms with E-state index in [1.54, 1.807) is 0 Å². The second-order valence-electron chi connectivity index (χ2n) is 9.31. The van der Waals surface area contributed by atoms with Crippen molar-refractivity contribution >= 4 is 23.1 Å². The highest BCUT2D eigenvalue weighted by atomic mass is 35.5. The van der Waals surface area contributed by atoms with Crippen LogP contribution in [0.1, 0.15) is 60.4 Å². The summed E-state index contributed by atoms with van der Waals surface area (Å²) in [5, 5.41) is 8.80. The van der Waals surface area contributed by atoms with E-state index < -0.39 is 0 Å². The Kier molecular flexibility index (Phi) is 6.15. The minimum absolute atomic E-state index is 0.508. The molecule has 0 atom stereocenters. The molecule has 1 aromatic carbocycles. The summed E-state index contributed by atoms with van der Waals surface area (Å²) in [4.78, 5) is 5.08. The summed E-state index contributed by atoms with van der Waals surface area (Å²) in [6.07, 6.45) is 10.3. The van der Waals surface area contributed by atoms with Crippen molar-refractivity contribution in [1.82, 2.24) is 14.5 Å². The largest absolute Gasteiger partial charge is 0.367 e. The predicted molar refractivity (Wildman–Crippen MR) is 134 cm³/mol. The molecule has 1 saturated carbocycles. The van der Waals surface area contributed by atoms with Crippen LogP contribution in [-0.2, 0) is 12.8 Å². The molecule has 4 aromatic rings. The number of rotatable bonds is 6. The number of fused-ring (bicyclic) bond motifs is 1. The fourth-order valence-corrected chi connectivity index (χ4v) is 5.17. The van der Waals surface area contributed by atoms with E-state index in [1.165, 1.54) is 37.7 Å². The Hall–Kier alpha value is -2.79. The van der Waals surface area contributed by atoms with E-state index >= 15 is 0 Å². The maximum Gasteiger partial charge on any atom is 0.141 e. The maximum atomic E-state index is 6.37. The Morgan fingerprint density at radius 1 is 1.06 bits per heavy atom. The number of imidazole rings is 1. The Morgan fingerprint density at radius 3 is 2.61 bits per heavy atom. The number of hydrogen-bond donors (Lipinski definition) is 1. The van der Waals surface area contributed by atoms with Crippen molar-refractivity contribution in [3.05, 3.63) is 69.8 Å². The van der Waals surface area contributed by atoms with Crippen molar-refractivity contribution in [3.8, 4) is 11.1 Å². The van der Waals surface area contributed by atoms with E-state index in [-0.39, 0.29) is 0 Å². The van der Waals surface area contributed by atoms with Crippen molar-refractivity contribution in [2.24, 2.45) is 0 Å². The topological polar surface area (TPSA) is 55.4 Å². The molecule has 1 fully saturated rings. The summed E-state index contributed by atoms with van der Waals surface area (Å²) in [5.74, 6) is 1.96. The first-order valence-electron chi connectivity index (χ1n) is 12.0. The van der Waals surface area contributed by atoms with Gasteiger partial charge in [0, 0.05) is 22.8 Å². The zero-order chi connectivity index (χ0) is 22.9. The van der Waals surface area contributed by atoms with Gasteiger partial charge in [-0.05, 0) is 81.3 Å². The van der Waals surface area contributed by atoms with Crippen molar-refractivity contribution in [2.75, 3.05) is 5.32 Å². The average Bonchev–Trinajstić information content (AvgIpc) is 3.33. The Morgan fingerprint density at radius 2 is 1.88 bits per heavy atom. The third-order valence-corrected chi connectivity index (χ3v) is 7.26. The highest BCUT2D eigenvalue weighted by Gasteiger charge is 2.20. The van der Waals surface area contributed by atoms with Gasteiger partial charge in [-0.15, -0.1) is 0 Å². The molecule has 172 valence electrons. The van der Waals surface area contributed by atoms with Crippen molar-refractivity contribution in [3.63, 3.8) is 0 Å². The SMILES string of the molecule is Cc1ccc(CCc2nc3cc(-c4c(C)noc4C)ccn3c2NC2CCCCC2)cc1Cl. The third kappa shape index (κ3) is 4.51. The van der Waals surface area contributed by atoms with Gasteiger partial charge in [0.05, 0.1) is 11.4 Å². The molecule has 0 amide bonds. The molecular formula is C27H31ClN4O. The second kappa shape index (κ2) is 9.22. The fourth-order valence-electron chi connectivity index (χ4n) is 4.97. The Bertz CT molecular complexity index is 1260. The highest BCUT2D eigenvalue weighted by molar-refractivity contribution is 6.31. The van der Waals surface area contributed by atoms with Crippen LogP contribution in [0.15, 0.2) is 41.1 Å². The van der Waals surface area contributed by atoms with Crippen LogP contribution in [0.3, 0.4) is 0 Å². The molecule has 33 heavy (non-hydrogen) atoms. The third-order valence-electron chi connectivity index (χ3n) is 6.85. The van der Waals surface area contributed by atoms with Gasteiger partial charge in [0.1, 0.15) is 17.2 Å². The number of aromatic nitrogens is 3. The minimum atomic E-state index is 0.508. The van der Waals surface area contributed by atoms with E-state index in [1.807, 2.05) is 20.8 Å². The van der Waals surface area contributed by atoms with Gasteiger partial charge in [-0.3, -0.25) is 4.40 Å². The molecule has 6 heteroatoms. The van der Waals surface area contributed by atoms with Crippen molar-refractivity contribution < 1.29 is 4.52 Å². The quantitative estimate of drug-likeness (QED) is 0.332. The molecule has 3 aromatic heterocycles. The van der Waals surface area contributed by atoms with Gasteiger partial charge in [0.25, 0.3) is 0 Å². The number of pyridine rings is 1. The Balaban J connectivity index is 1.50. The molecule has 0 aliphatic heterocycles. The van der Waals surface area contributed by atoms with E-state index in [9.17, 15) is 0 Å². The second-order valence-corrected chi connectivity index (χ2v) is 9.72. The van der Waals surface area contributed by atoms with Gasteiger partial charge in [0.15, 0.2) is 0 Å². The van der Waals surface area contributed by atoms with Crippen LogP contribution >= 0.6 is 11.6 Å². The molecule has 0 bridgehead atoms. The lowest BCUT2D eigenvalue weighted by Crippen LogP contribution is -2.23. The number of halogens is 1. The zero-order valence-electron chi connectivity index (χ0n) is 19.6. The Labute approximate surface area is 200 Å². The van der Waals surface area contributed by atoms with E-state index in [2.05, 4.69) is 51.4 Å². The smallest absolute Gasteiger partial charge is 0.141 e. The number of hydrogen-bond acceptors (Lipinski definition) is 4. The van der Waals surface area contributed by atoms with Gasteiger partial charge in [-0.2, -0.15) is 0 Å². The molecule has 1 aliphatic carbocycles. The van der Waals surface area contributed by atoms with Crippen LogP contribution in [0.5, 0.6) is 0 Å². The van der Waals surface area contributed by atoms with Gasteiger partial charge in [-0.25, -0.2) is 4.98 Å². The molecule has 5 nitrogen and oxygen atoms in total. The normalized spacial score (nSPS) is 14.8. The number of aryl methyl sites for hydroxylation is 5. The summed E-state index contributed by atoms with van der Waals surface area (Å²) in [6.45, 7) is 5.98. The zero-order valence-corrected chi connectivity index (χ0v) is 20.4. The molecule has 1 N–H and O–H groups in total. The summed E-state index contributed by atoms with van der Waals surface area (Å²) < 4.78 is 7.60. The molecule has 0 radical (unpaired) electrons. The van der Waals surface area contributed by atoms with Crippen molar-refractivity contribution in [1.29, 1.82) is 0 Å². The van der Waals surface area contributed by atoms with Gasteiger partial charge >= 0.3 is 0 Å². The van der Waals surface area contributed by atoms with Gasteiger partial charge < -0.3 is 9.84 Å². The standard InChI is InChI=1S/C27H31ClN4O/c1-17-9-10-20(15-23(17)28)11-12-24-27(29-22-7-5-4-6-8-22)32-14-13-21(16-25(32)30-24)26-18(2)31-33-19(26)3/h9-10,13-16,22,29H,4-8,11-12H2,1-3H3. The summed E-state index contributed by atoms with van der Waals surface area (Å²) >= 11 is 6.37. The lowest BCUT2D eigenvalue weighted by atomic mass is 9.95. The van der Waals surface area contributed by atoms with Crippen LogP contribution in [-0.4, -0.2) is 20.6 Å². The van der Waals surface area contributed by atoms with Crippen LogP contribution in [0.25, 0.3) is 16.8 Å². The van der Waals surface area contributed by atoms with Crippen molar-refractivity contribution in [2.45, 2.75) is 71.8 Å². The first kappa shape index (κ1) is 22.0. The van der Waals surface area contributed by atoms with Gasteiger partial charge in [-0.1, -0.05) is 48.2 Å². The highest BCUT2D eigenvalue weighted by Crippen LogP contribution is 2.31. The minimum Gasteiger partial charge on any atom is -0.367 e. The molecule has 5 rings (SSSR count). The van der Waals surface area contributed by atoms with E-state index in [0.717, 1.165) is 63.2 Å². The summed E-state index contributed by atoms with van der Waals surface area (Å²) in [6, 6.07) is 11.1. The lowest BCUT2D eigenvalue weighted by Gasteiger charge is -2.24. The maximum absolute atomic E-state index is 6.37. The summed E-state index contributed by atoms with van der Waals surface area (Å²) in [5.41, 5.74) is 7.45. The lowest BCUT2D eigenvalue weighted by molar-refractivity contribution is 0.393. The molecule has 3 heterocycles. The number of benzene rings is 1. The average molecular weight is 463 g/mol. The fraction of sp³-hybridized carbons (Fsp3) is 0.407. The monoisotopic (exact) mass is 462 g/mol. The number of nitrogens with zero attached hydrogens (tertiary/aromatic N) is 3. The molecule has 0 saturated heterocycles. The molecule has 0 unspecified atom stereocenters. The summed E-state index contributed by atoms with van der Waals surface area (Å²) in [7, 11) is 0. The number of nitrogens with one attached hydrogen (secondary N) is 1. The van der Waals surface area contributed by atoms with Crippen LogP contribution in [0.4, 0.5) is 5.82 Å². The molecule has 1 aliphatic rings. The molecule has 0 spiro atoms. The van der Waals surface area contributed by atoms with E-state index in [4.69, 9.17) is 21.1 Å². The number of anilines is 1. The first-order chi connectivity index (χ1) is 16.0. The van der Waals surface area contributed by atoms with Crippen LogP contribution < -0.4 is 5.32 Å². The predicted octanol–water partition coefficient (Wildman–Crippen LogP) is 7.10. The first-order valence-corrected chi connectivity index (χ1v) is 12.3.